The molecule has 7 rings (SSSR count). The summed E-state index contributed by atoms with van der Waals surface area (Å²) in [6.07, 6.45) is 6.44. The van der Waals surface area contributed by atoms with Crippen LogP contribution in [0.2, 0.25) is 5.02 Å². The zero-order valence-electron chi connectivity index (χ0n) is 31.6. The number of nitrogens with zero attached hydrogens (tertiary/aromatic N) is 4. The molecule has 2 fully saturated rings. The molecule has 0 saturated carbocycles. The molecule has 3 amide bonds. The summed E-state index contributed by atoms with van der Waals surface area (Å²) in [5, 5.41) is 9.61. The van der Waals surface area contributed by atoms with Gasteiger partial charge in [-0.3, -0.25) is 23.6 Å². The highest BCUT2D eigenvalue weighted by Gasteiger charge is 2.45. The molecule has 1 spiro atoms. The third kappa shape index (κ3) is 6.70. The number of aryl methyl sites for hydroxylation is 2. The van der Waals surface area contributed by atoms with Crippen molar-refractivity contribution in [3.8, 4) is 28.3 Å². The van der Waals surface area contributed by atoms with Crippen molar-refractivity contribution >= 4 is 29.2 Å². The van der Waals surface area contributed by atoms with Crippen molar-refractivity contribution in [2.24, 2.45) is 7.05 Å². The Hall–Kier alpha value is -4.94. The van der Waals surface area contributed by atoms with E-state index in [0.29, 0.717) is 41.8 Å². The number of urea groups is 1. The van der Waals surface area contributed by atoms with E-state index >= 15 is 0 Å². The number of methoxy groups -OCH3 is 1. The van der Waals surface area contributed by atoms with E-state index in [9.17, 15) is 19.2 Å². The summed E-state index contributed by atoms with van der Waals surface area (Å²) in [5.74, 6) is 0.0219. The first-order valence-electron chi connectivity index (χ1n) is 18.9. The molecule has 2 aromatic carbocycles. The van der Waals surface area contributed by atoms with Crippen LogP contribution in [0.25, 0.3) is 22.4 Å². The third-order valence-corrected chi connectivity index (χ3v) is 11.9. The van der Waals surface area contributed by atoms with Gasteiger partial charge in [-0.1, -0.05) is 62.7 Å². The van der Waals surface area contributed by atoms with Crippen molar-refractivity contribution in [3.05, 3.63) is 96.8 Å². The number of nitrogens with one attached hydrogen (secondary N) is 3. The van der Waals surface area contributed by atoms with Crippen molar-refractivity contribution in [2.45, 2.75) is 83.3 Å². The molecular weight excluding hydrogens is 706 g/mol. The number of anilines is 1. The number of likely N-dealkylation sites (tertiary alicyclic amines) is 1. The molecule has 284 valence electrons. The monoisotopic (exact) mass is 753 g/mol. The van der Waals surface area contributed by atoms with E-state index in [1.54, 1.807) is 7.11 Å². The zero-order chi connectivity index (χ0) is 38.3. The topological polar surface area (TPSA) is 140 Å². The Labute approximate surface area is 319 Å². The molecule has 13 heteroatoms. The molecule has 0 radical (unpaired) electrons. The van der Waals surface area contributed by atoms with Crippen LogP contribution in [0.4, 0.5) is 10.5 Å². The molecule has 4 aromatic rings. The van der Waals surface area contributed by atoms with Crippen molar-refractivity contribution in [1.29, 1.82) is 0 Å². The van der Waals surface area contributed by atoms with Gasteiger partial charge in [-0.15, -0.1) is 0 Å². The number of benzene rings is 2. The molecular formula is C41H48ClN7O5. The largest absolute Gasteiger partial charge is 0.481 e. The fraction of sp³-hybridized carbons (Fsp3) is 0.439. The standard InChI is InChI=1S/C41H48ClN7O5/c1-6-19-48-22-29(38(51)47(4)40(48)53)36(50)44-30-13-9-10-26(33(30)24(3)7-2)27-11-8-12-28(35(27)42)31-21-25-14-15-32(34(25)37(45-31)54-5)49-20-17-41(23-49)16-18-43-39(52)46-41/h8-13,21-22,24,32H,6-7,14-20,23H2,1-5H3,(H,44,50)(H2,43,46,52). The Morgan fingerprint density at radius 2 is 1.87 bits per heavy atom. The molecule has 2 aliphatic heterocycles. The number of pyridine rings is 1. The third-order valence-electron chi connectivity index (χ3n) is 11.5. The maximum atomic E-state index is 13.7. The van der Waals surface area contributed by atoms with Gasteiger partial charge >= 0.3 is 11.7 Å². The lowest BCUT2D eigenvalue weighted by Gasteiger charge is -2.36. The average molecular weight is 754 g/mol. The number of rotatable bonds is 10. The van der Waals surface area contributed by atoms with Crippen LogP contribution in [0, 0.1) is 0 Å². The second-order valence-electron chi connectivity index (χ2n) is 14.9. The lowest BCUT2D eigenvalue weighted by Crippen LogP contribution is -2.59. The Morgan fingerprint density at radius 3 is 2.61 bits per heavy atom. The van der Waals surface area contributed by atoms with Gasteiger partial charge in [0.1, 0.15) is 5.56 Å². The highest BCUT2D eigenvalue weighted by atomic mass is 35.5. The van der Waals surface area contributed by atoms with Crippen LogP contribution in [0.15, 0.2) is 58.3 Å². The number of carbonyl (C=O) groups is 2. The Bertz CT molecular complexity index is 2250. The number of aromatic nitrogens is 3. The van der Waals surface area contributed by atoms with Crippen LogP contribution in [0.3, 0.4) is 0 Å². The first-order valence-corrected chi connectivity index (χ1v) is 19.3. The van der Waals surface area contributed by atoms with Crippen molar-refractivity contribution < 1.29 is 14.3 Å². The van der Waals surface area contributed by atoms with E-state index < -0.39 is 17.2 Å². The number of halogens is 1. The number of ether oxygens (including phenoxy) is 1. The van der Waals surface area contributed by atoms with Gasteiger partial charge in [0.05, 0.1) is 23.4 Å². The minimum absolute atomic E-state index is 0.0196. The zero-order valence-corrected chi connectivity index (χ0v) is 32.3. The summed E-state index contributed by atoms with van der Waals surface area (Å²) in [4.78, 5) is 59.1. The van der Waals surface area contributed by atoms with Gasteiger partial charge < -0.3 is 20.7 Å². The van der Waals surface area contributed by atoms with E-state index in [1.807, 2.05) is 43.3 Å². The molecule has 4 heterocycles. The molecule has 0 bridgehead atoms. The van der Waals surface area contributed by atoms with E-state index in [2.05, 4.69) is 40.8 Å². The van der Waals surface area contributed by atoms with Crippen LogP contribution in [-0.4, -0.2) is 63.2 Å². The SMILES string of the molecule is CCCn1cc(C(=O)Nc2cccc(-c3cccc(-c4cc5c(c(OC)n4)C(N4CCC6(CCNC(=O)N6)C4)CC5)c3Cl)c2C(C)CC)c(=O)n(C)c1=O. The Balaban J connectivity index is 1.23. The van der Waals surface area contributed by atoms with Gasteiger partial charge in [-0.25, -0.2) is 14.6 Å². The summed E-state index contributed by atoms with van der Waals surface area (Å²) in [5.41, 5.74) is 5.46. The maximum Gasteiger partial charge on any atom is 0.330 e. The number of hydrogen-bond donors (Lipinski definition) is 3. The average Bonchev–Trinajstić information content (AvgIpc) is 3.78. The molecule has 12 nitrogen and oxygen atoms in total. The van der Waals surface area contributed by atoms with E-state index in [4.69, 9.17) is 21.3 Å². The highest BCUT2D eigenvalue weighted by molar-refractivity contribution is 6.36. The molecule has 2 saturated heterocycles. The summed E-state index contributed by atoms with van der Waals surface area (Å²) in [6, 6.07) is 13.8. The number of amides is 3. The van der Waals surface area contributed by atoms with Gasteiger partial charge in [0.25, 0.3) is 11.5 Å². The molecule has 3 atom stereocenters. The van der Waals surface area contributed by atoms with Crippen LogP contribution in [0.5, 0.6) is 5.88 Å². The molecule has 3 N–H and O–H groups in total. The summed E-state index contributed by atoms with van der Waals surface area (Å²) in [7, 11) is 3.04. The van der Waals surface area contributed by atoms with Gasteiger partial charge in [0.2, 0.25) is 5.88 Å². The lowest BCUT2D eigenvalue weighted by molar-refractivity contribution is 0.102. The normalized spacial score (nSPS) is 20.0. The second kappa shape index (κ2) is 15.1. The van der Waals surface area contributed by atoms with Gasteiger partial charge in [-0.2, -0.15) is 0 Å². The molecule has 3 unspecified atom stereocenters. The maximum absolute atomic E-state index is 13.7. The lowest BCUT2D eigenvalue weighted by atomic mass is 9.87. The Kier molecular flexibility index (Phi) is 10.4. The van der Waals surface area contributed by atoms with E-state index in [0.717, 1.165) is 77.6 Å². The van der Waals surface area contributed by atoms with Crippen LogP contribution in [-0.2, 0) is 20.0 Å². The van der Waals surface area contributed by atoms with Crippen molar-refractivity contribution in [3.63, 3.8) is 0 Å². The molecule has 54 heavy (non-hydrogen) atoms. The van der Waals surface area contributed by atoms with Crippen molar-refractivity contribution in [2.75, 3.05) is 32.1 Å². The quantitative estimate of drug-likeness (QED) is 0.174. The molecule has 2 aromatic heterocycles. The first kappa shape index (κ1) is 37.4. The Morgan fingerprint density at radius 1 is 1.11 bits per heavy atom. The van der Waals surface area contributed by atoms with Crippen LogP contribution < -0.4 is 31.9 Å². The highest BCUT2D eigenvalue weighted by Crippen LogP contribution is 2.47. The summed E-state index contributed by atoms with van der Waals surface area (Å²) < 4.78 is 8.34. The van der Waals surface area contributed by atoms with Crippen LogP contribution >= 0.6 is 11.6 Å². The first-order chi connectivity index (χ1) is 26.0. The van der Waals surface area contributed by atoms with Crippen molar-refractivity contribution in [1.82, 2.24) is 29.7 Å². The minimum atomic E-state index is -0.648. The minimum Gasteiger partial charge on any atom is -0.481 e. The number of hydrogen-bond acceptors (Lipinski definition) is 7. The van der Waals surface area contributed by atoms with E-state index in [1.165, 1.54) is 23.4 Å². The molecule has 3 aliphatic rings. The summed E-state index contributed by atoms with van der Waals surface area (Å²) in [6.45, 7) is 8.87. The smallest absolute Gasteiger partial charge is 0.330 e. The second-order valence-corrected chi connectivity index (χ2v) is 15.2. The van der Waals surface area contributed by atoms with Crippen LogP contribution in [0.1, 0.15) is 91.9 Å². The fourth-order valence-electron chi connectivity index (χ4n) is 8.54. The number of fused-ring (bicyclic) bond motifs is 1. The summed E-state index contributed by atoms with van der Waals surface area (Å²) >= 11 is 7.33. The van der Waals surface area contributed by atoms with Gasteiger partial charge in [-0.05, 0) is 73.3 Å². The number of carbonyl (C=O) groups excluding carboxylic acids is 2. The molecule has 1 aliphatic carbocycles. The van der Waals surface area contributed by atoms with Gasteiger partial charge in [0.15, 0.2) is 0 Å². The van der Waals surface area contributed by atoms with E-state index in [-0.39, 0.29) is 29.1 Å². The van der Waals surface area contributed by atoms with Gasteiger partial charge in [0, 0.05) is 67.8 Å². The predicted octanol–water partition coefficient (Wildman–Crippen LogP) is 6.25. The predicted molar refractivity (Wildman–Crippen MR) is 211 cm³/mol. The fourth-order valence-corrected chi connectivity index (χ4v) is 8.86.